The third-order valence-corrected chi connectivity index (χ3v) is 9.15. The van der Waals surface area contributed by atoms with Crippen LogP contribution in [0.3, 0.4) is 0 Å². The third-order valence-electron chi connectivity index (χ3n) is 7.68. The number of carbonyl (C=O) groups excluding carboxylic acids is 2. The lowest BCUT2D eigenvalue weighted by Gasteiger charge is -2.23. The number of amides is 2. The summed E-state index contributed by atoms with van der Waals surface area (Å²) in [5.74, 6) is -0.998. The van der Waals surface area contributed by atoms with Gasteiger partial charge in [-0.1, -0.05) is 41.4 Å². The van der Waals surface area contributed by atoms with Gasteiger partial charge in [0.25, 0.3) is 16.0 Å². The second-order valence-corrected chi connectivity index (χ2v) is 13.5. The number of nitrogens with zero attached hydrogens (tertiary/aromatic N) is 3. The molecule has 5 rings (SSSR count). The lowest BCUT2D eigenvalue weighted by molar-refractivity contribution is -0.118. The minimum atomic E-state index is -4.26. The van der Waals surface area contributed by atoms with Crippen LogP contribution in [0.4, 0.5) is 10.1 Å². The highest BCUT2D eigenvalue weighted by Gasteiger charge is 2.25. The van der Waals surface area contributed by atoms with Crippen molar-refractivity contribution in [1.29, 1.82) is 0 Å². The van der Waals surface area contributed by atoms with E-state index in [0.717, 1.165) is 11.6 Å². The molecular weight excluding hydrogens is 686 g/mol. The van der Waals surface area contributed by atoms with Crippen LogP contribution in [-0.2, 0) is 21.5 Å². The molecule has 11 nitrogen and oxygen atoms in total. The molecule has 0 unspecified atom stereocenters. The second-order valence-electron chi connectivity index (χ2n) is 11.1. The van der Waals surface area contributed by atoms with Crippen LogP contribution in [0.25, 0.3) is 11.1 Å². The molecule has 0 atom stereocenters. The number of hydrogen-bond donors (Lipinski definition) is 2. The van der Waals surface area contributed by atoms with E-state index in [1.807, 2.05) is 37.3 Å². The van der Waals surface area contributed by atoms with Gasteiger partial charge in [0.15, 0.2) is 5.75 Å². The summed E-state index contributed by atoms with van der Waals surface area (Å²) in [4.78, 5) is 27.5. The van der Waals surface area contributed by atoms with E-state index >= 15 is 4.39 Å². The zero-order valence-electron chi connectivity index (χ0n) is 25.9. The summed E-state index contributed by atoms with van der Waals surface area (Å²) in [5, 5.41) is 7.27. The third kappa shape index (κ3) is 8.64. The zero-order chi connectivity index (χ0) is 34.4. The number of nitrogens with one attached hydrogen (secondary N) is 1. The highest BCUT2D eigenvalue weighted by atomic mass is 35.5. The maximum atomic E-state index is 15.1. The molecule has 0 saturated heterocycles. The van der Waals surface area contributed by atoms with Crippen molar-refractivity contribution in [2.75, 3.05) is 37.0 Å². The second kappa shape index (κ2) is 15.4. The molecule has 0 spiro atoms. The van der Waals surface area contributed by atoms with Gasteiger partial charge in [-0.05, 0) is 50.1 Å². The maximum absolute atomic E-state index is 15.1. The molecule has 0 radical (unpaired) electrons. The summed E-state index contributed by atoms with van der Waals surface area (Å²) >= 11 is 12.5. The number of benzene rings is 3. The molecule has 1 aromatic heterocycles. The number of hydrogen-bond acceptors (Lipinski definition) is 7. The lowest BCUT2D eigenvalue weighted by Crippen LogP contribution is -2.31. The quantitative estimate of drug-likeness (QED) is 0.135. The number of fused-ring (bicyclic) bond motifs is 1. The molecule has 0 fully saturated rings. The average Bonchev–Trinajstić information content (AvgIpc) is 3.39. The van der Waals surface area contributed by atoms with Crippen molar-refractivity contribution >= 4 is 50.8 Å². The van der Waals surface area contributed by atoms with Crippen molar-refractivity contribution in [2.24, 2.45) is 0 Å². The number of ether oxygens (including phenoxy) is 2. The van der Waals surface area contributed by atoms with Gasteiger partial charge in [0.2, 0.25) is 5.91 Å². The predicted molar refractivity (Wildman–Crippen MR) is 180 cm³/mol. The van der Waals surface area contributed by atoms with Crippen LogP contribution in [-0.4, -0.2) is 66.6 Å². The first-order valence-electron chi connectivity index (χ1n) is 15.1. The van der Waals surface area contributed by atoms with E-state index in [-0.39, 0.29) is 41.6 Å². The topological polar surface area (TPSA) is 140 Å². The van der Waals surface area contributed by atoms with Gasteiger partial charge in [-0.15, -0.1) is 0 Å². The Morgan fingerprint density at radius 2 is 1.94 bits per heavy atom. The maximum Gasteiger partial charge on any atom is 0.266 e. The minimum absolute atomic E-state index is 0.0221. The van der Waals surface area contributed by atoms with E-state index in [0.29, 0.717) is 65.9 Å². The van der Waals surface area contributed by atoms with Crippen molar-refractivity contribution in [3.8, 4) is 22.6 Å². The standard InChI is InChI=1S/C33H33Cl2FN4O7S/c1-21-26(34)7-3-9-30(21)46-13-4-10-31(41)40-12-5-14-47-32-24(6-2-8-29(32)40)23-18-38-39(19-23)20-25-27(35)16-22(17-28(25)36)33(42)37-11-15-48(43,44)45/h2-3,6-9,16-19H,4-5,10-15,20H2,1H3,(H,37,42)(H,43,44,45). The zero-order valence-corrected chi connectivity index (χ0v) is 28.2. The molecule has 1 aliphatic heterocycles. The Morgan fingerprint density at radius 3 is 2.71 bits per heavy atom. The average molecular weight is 720 g/mol. The molecule has 3 aromatic carbocycles. The summed E-state index contributed by atoms with van der Waals surface area (Å²) in [6, 6.07) is 13.3. The van der Waals surface area contributed by atoms with Crippen LogP contribution in [0.5, 0.6) is 11.5 Å². The van der Waals surface area contributed by atoms with Crippen molar-refractivity contribution in [3.05, 3.63) is 93.5 Å². The van der Waals surface area contributed by atoms with E-state index < -0.39 is 27.6 Å². The Morgan fingerprint density at radius 1 is 1.15 bits per heavy atom. The van der Waals surface area contributed by atoms with E-state index in [4.69, 9.17) is 37.2 Å². The number of anilines is 1. The van der Waals surface area contributed by atoms with E-state index in [2.05, 4.69) is 10.4 Å². The molecule has 0 saturated carbocycles. The molecule has 254 valence electrons. The fourth-order valence-electron chi connectivity index (χ4n) is 5.21. The fourth-order valence-corrected chi connectivity index (χ4v) is 6.00. The van der Waals surface area contributed by atoms with Gasteiger partial charge < -0.3 is 19.7 Å². The van der Waals surface area contributed by atoms with Gasteiger partial charge >= 0.3 is 0 Å². The van der Waals surface area contributed by atoms with E-state index in [1.165, 1.54) is 10.7 Å². The van der Waals surface area contributed by atoms with Gasteiger partial charge in [-0.2, -0.15) is 13.5 Å². The number of carbonyl (C=O) groups is 2. The lowest BCUT2D eigenvalue weighted by atomic mass is 10.1. The van der Waals surface area contributed by atoms with Gasteiger partial charge in [-0.25, -0.2) is 4.39 Å². The predicted octanol–water partition coefficient (Wildman–Crippen LogP) is 5.95. The summed E-state index contributed by atoms with van der Waals surface area (Å²) < 4.78 is 59.2. The molecule has 1 aliphatic rings. The molecule has 0 aliphatic carbocycles. The van der Waals surface area contributed by atoms with Gasteiger partial charge in [0.05, 0.1) is 37.4 Å². The summed E-state index contributed by atoms with van der Waals surface area (Å²) in [6.45, 7) is 2.75. The first-order valence-corrected chi connectivity index (χ1v) is 17.5. The Balaban J connectivity index is 1.27. The number of rotatable bonds is 12. The highest BCUT2D eigenvalue weighted by molar-refractivity contribution is 7.85. The minimum Gasteiger partial charge on any atom is -0.493 e. The van der Waals surface area contributed by atoms with Gasteiger partial charge in [0.1, 0.15) is 11.6 Å². The van der Waals surface area contributed by atoms with Crippen molar-refractivity contribution in [3.63, 3.8) is 0 Å². The normalized spacial score (nSPS) is 13.0. The molecule has 0 bridgehead atoms. The molecule has 2 N–H and O–H groups in total. The Hall–Kier alpha value is -4.17. The van der Waals surface area contributed by atoms with Crippen molar-refractivity contribution in [2.45, 2.75) is 32.7 Å². The van der Waals surface area contributed by atoms with Crippen LogP contribution in [0.1, 0.15) is 40.7 Å². The molecule has 15 heteroatoms. The Labute approximate surface area is 287 Å². The monoisotopic (exact) mass is 718 g/mol. The number of halogens is 3. The first kappa shape index (κ1) is 35.1. The Bertz CT molecular complexity index is 1910. The Kier molecular flexibility index (Phi) is 11.3. The highest BCUT2D eigenvalue weighted by Crippen LogP contribution is 2.40. The van der Waals surface area contributed by atoms with Gasteiger partial charge in [-0.3, -0.25) is 18.8 Å². The van der Waals surface area contributed by atoms with Crippen LogP contribution >= 0.6 is 23.2 Å². The smallest absolute Gasteiger partial charge is 0.266 e. The number of aromatic nitrogens is 2. The number of para-hydroxylation sites is 1. The summed E-state index contributed by atoms with van der Waals surface area (Å²) in [6.07, 6.45) is 4.75. The van der Waals surface area contributed by atoms with Crippen LogP contribution in [0.15, 0.2) is 60.9 Å². The fraction of sp³-hybridized carbons (Fsp3) is 0.303. The molecule has 2 heterocycles. The molecule has 4 aromatic rings. The van der Waals surface area contributed by atoms with Gasteiger partial charge in [0, 0.05) is 63.6 Å². The molecule has 48 heavy (non-hydrogen) atoms. The summed E-state index contributed by atoms with van der Waals surface area (Å²) in [5.41, 5.74) is 2.87. The first-order chi connectivity index (χ1) is 22.9. The molecule has 2 amide bonds. The largest absolute Gasteiger partial charge is 0.493 e. The van der Waals surface area contributed by atoms with E-state index in [1.54, 1.807) is 23.4 Å². The van der Waals surface area contributed by atoms with Crippen LogP contribution in [0.2, 0.25) is 10.0 Å². The van der Waals surface area contributed by atoms with E-state index in [9.17, 15) is 18.0 Å². The van der Waals surface area contributed by atoms with Crippen LogP contribution in [0, 0.1) is 12.7 Å². The molecular formula is C33H33Cl2FN4O7S. The summed E-state index contributed by atoms with van der Waals surface area (Å²) in [7, 11) is -4.26. The van der Waals surface area contributed by atoms with Crippen LogP contribution < -0.4 is 19.7 Å². The SMILES string of the molecule is Cc1c(Cl)cccc1OCCCC(=O)N1CCCOc2c(-c3cnn(Cc4c(F)cc(C(=O)NCCS(=O)(=O)O)cc4Cl)c3)cccc21. The van der Waals surface area contributed by atoms with Crippen molar-refractivity contribution in [1.82, 2.24) is 15.1 Å². The van der Waals surface area contributed by atoms with Crippen molar-refractivity contribution < 1.29 is 36.4 Å².